The number of amides is 4. The van der Waals surface area contributed by atoms with Crippen molar-refractivity contribution < 1.29 is 18.9 Å². The lowest BCUT2D eigenvalue weighted by atomic mass is 9.90. The van der Waals surface area contributed by atoms with E-state index in [0.717, 1.165) is 10.5 Å². The van der Waals surface area contributed by atoms with Crippen molar-refractivity contribution in [2.75, 3.05) is 0 Å². The summed E-state index contributed by atoms with van der Waals surface area (Å²) in [5.74, 6) is -0.516. The van der Waals surface area contributed by atoms with Crippen molar-refractivity contribution in [2.24, 2.45) is 5.73 Å². The molecule has 2 heterocycles. The van der Waals surface area contributed by atoms with Gasteiger partial charge in [0.1, 0.15) is 11.2 Å². The largest absolute Gasteiger partial charge is 0.366 e. The number of rotatable bonds is 5. The Balaban J connectivity index is 1.58. The molecule has 3 N–H and O–H groups in total. The van der Waals surface area contributed by atoms with Crippen molar-refractivity contribution in [3.63, 3.8) is 0 Å². The van der Waals surface area contributed by atoms with E-state index in [0.29, 0.717) is 17.0 Å². The first kappa shape index (κ1) is 18.4. The minimum absolute atomic E-state index is 0.0356. The van der Waals surface area contributed by atoms with Gasteiger partial charge in [-0.1, -0.05) is 47.6 Å². The lowest BCUT2D eigenvalue weighted by Crippen LogP contribution is -2.41. The highest BCUT2D eigenvalue weighted by atomic mass is 16.5. The van der Waals surface area contributed by atoms with E-state index in [-0.39, 0.29) is 12.1 Å². The summed E-state index contributed by atoms with van der Waals surface area (Å²) < 4.78 is 5.34. The molecule has 0 radical (unpaired) electrons. The molecule has 1 fully saturated rings. The fourth-order valence-electron chi connectivity index (χ4n) is 3.31. The molecule has 3 aromatic rings. The zero-order chi connectivity index (χ0) is 20.6. The van der Waals surface area contributed by atoms with E-state index < -0.39 is 23.4 Å². The summed E-state index contributed by atoms with van der Waals surface area (Å²) in [6, 6.07) is 16.9. The van der Waals surface area contributed by atoms with E-state index in [4.69, 9.17) is 10.3 Å². The molecule has 0 saturated carbocycles. The molecular formula is C21H18N4O4. The molecule has 8 heteroatoms. The molecule has 4 amide bonds. The average molecular weight is 390 g/mol. The molecule has 8 nitrogen and oxygen atoms in total. The molecular weight excluding hydrogens is 372 g/mol. The van der Waals surface area contributed by atoms with Gasteiger partial charge in [-0.25, -0.2) is 4.79 Å². The third-order valence-electron chi connectivity index (χ3n) is 4.94. The van der Waals surface area contributed by atoms with E-state index in [9.17, 15) is 14.4 Å². The summed E-state index contributed by atoms with van der Waals surface area (Å²) in [4.78, 5) is 38.1. The lowest BCUT2D eigenvalue weighted by molar-refractivity contribution is -0.131. The highest BCUT2D eigenvalue weighted by molar-refractivity contribution is 6.07. The fourth-order valence-corrected chi connectivity index (χ4v) is 3.31. The van der Waals surface area contributed by atoms with Gasteiger partial charge in [0.05, 0.1) is 6.54 Å². The van der Waals surface area contributed by atoms with E-state index in [1.165, 1.54) is 6.07 Å². The highest BCUT2D eigenvalue weighted by Gasteiger charge is 2.49. The maximum absolute atomic E-state index is 13.1. The summed E-state index contributed by atoms with van der Waals surface area (Å²) in [5, 5.41) is 6.67. The van der Waals surface area contributed by atoms with Crippen LogP contribution < -0.4 is 11.1 Å². The van der Waals surface area contributed by atoms with E-state index in [1.807, 2.05) is 30.3 Å². The third-order valence-corrected chi connectivity index (χ3v) is 4.94. The van der Waals surface area contributed by atoms with Gasteiger partial charge in [-0.2, -0.15) is 0 Å². The molecule has 2 aromatic carbocycles. The number of nitrogens with one attached hydrogen (secondary N) is 1. The number of imide groups is 1. The van der Waals surface area contributed by atoms with Crippen molar-refractivity contribution >= 4 is 17.8 Å². The van der Waals surface area contributed by atoms with Crippen molar-refractivity contribution in [3.05, 3.63) is 77.5 Å². The lowest BCUT2D eigenvalue weighted by Gasteiger charge is -2.22. The predicted octanol–water partition coefficient (Wildman–Crippen LogP) is 2.41. The van der Waals surface area contributed by atoms with Gasteiger partial charge in [0.2, 0.25) is 5.91 Å². The van der Waals surface area contributed by atoms with Crippen LogP contribution in [0.15, 0.2) is 65.2 Å². The summed E-state index contributed by atoms with van der Waals surface area (Å²) in [7, 11) is 0. The Bertz CT molecular complexity index is 1110. The van der Waals surface area contributed by atoms with Crippen molar-refractivity contribution in [2.45, 2.75) is 19.0 Å². The molecule has 4 rings (SSSR count). The summed E-state index contributed by atoms with van der Waals surface area (Å²) in [6.07, 6.45) is 0. The average Bonchev–Trinajstić information content (AvgIpc) is 3.28. The number of hydrogen-bond donors (Lipinski definition) is 2. The van der Waals surface area contributed by atoms with Gasteiger partial charge in [-0.15, -0.1) is 0 Å². The van der Waals surface area contributed by atoms with Crippen LogP contribution >= 0.6 is 0 Å². The normalized spacial score (nSPS) is 18.7. The molecule has 1 aromatic heterocycles. The number of benzene rings is 2. The molecule has 146 valence electrons. The standard InChI is InChI=1S/C21H18N4O4/c1-21(15-9-5-8-14(10-15)18(22)26)19(27)25(20(28)23-21)12-16-11-17(29-24-16)13-6-3-2-4-7-13/h2-11H,12H2,1H3,(H2,22,26)(H,23,28)/t21-/m1/s1. The summed E-state index contributed by atoms with van der Waals surface area (Å²) >= 11 is 0. The zero-order valence-corrected chi connectivity index (χ0v) is 15.6. The first-order chi connectivity index (χ1) is 13.9. The zero-order valence-electron chi connectivity index (χ0n) is 15.6. The van der Waals surface area contributed by atoms with E-state index in [1.54, 1.807) is 31.2 Å². The molecule has 1 aliphatic heterocycles. The smallest absolute Gasteiger partial charge is 0.325 e. The summed E-state index contributed by atoms with van der Waals surface area (Å²) in [5.41, 5.74) is 6.04. The third kappa shape index (κ3) is 3.25. The SMILES string of the molecule is C[C@]1(c2cccc(C(N)=O)c2)NC(=O)N(Cc2cc(-c3ccccc3)on2)C1=O. The number of nitrogens with two attached hydrogens (primary N) is 1. The number of carbonyl (C=O) groups is 3. The predicted molar refractivity (Wildman–Crippen MR) is 103 cm³/mol. The first-order valence-electron chi connectivity index (χ1n) is 8.94. The topological polar surface area (TPSA) is 119 Å². The van der Waals surface area contributed by atoms with Gasteiger partial charge >= 0.3 is 6.03 Å². The second-order valence-corrected chi connectivity index (χ2v) is 6.94. The Labute approximate surface area is 166 Å². The molecule has 0 bridgehead atoms. The second kappa shape index (κ2) is 6.90. The molecule has 1 saturated heterocycles. The Hall–Kier alpha value is -3.94. The van der Waals surface area contributed by atoms with E-state index in [2.05, 4.69) is 10.5 Å². The number of aromatic nitrogens is 1. The minimum Gasteiger partial charge on any atom is -0.366 e. The van der Waals surface area contributed by atoms with Crippen LogP contribution in [0.2, 0.25) is 0 Å². The summed E-state index contributed by atoms with van der Waals surface area (Å²) in [6.45, 7) is 1.55. The molecule has 0 unspecified atom stereocenters. The van der Waals surface area contributed by atoms with Crippen LogP contribution in [0.5, 0.6) is 0 Å². The maximum Gasteiger partial charge on any atom is 0.325 e. The fraction of sp³-hybridized carbons (Fsp3) is 0.143. The van der Waals surface area contributed by atoms with Crippen molar-refractivity contribution in [1.29, 1.82) is 0 Å². The minimum atomic E-state index is -1.31. The van der Waals surface area contributed by atoms with Crippen LogP contribution in [-0.2, 0) is 16.9 Å². The number of nitrogens with zero attached hydrogens (tertiary/aromatic N) is 2. The number of hydrogen-bond acceptors (Lipinski definition) is 5. The number of carbonyl (C=O) groups excluding carboxylic acids is 3. The first-order valence-corrected chi connectivity index (χ1v) is 8.94. The molecule has 0 aliphatic carbocycles. The Morgan fingerprint density at radius 3 is 2.62 bits per heavy atom. The van der Waals surface area contributed by atoms with E-state index >= 15 is 0 Å². The van der Waals surface area contributed by atoms with Gasteiger partial charge in [0, 0.05) is 17.2 Å². The van der Waals surface area contributed by atoms with Crippen LogP contribution in [0.4, 0.5) is 4.79 Å². The molecule has 1 atom stereocenters. The van der Waals surface area contributed by atoms with Gasteiger partial charge in [-0.05, 0) is 24.6 Å². The van der Waals surface area contributed by atoms with Gasteiger partial charge < -0.3 is 15.6 Å². The Kier molecular flexibility index (Phi) is 4.38. The van der Waals surface area contributed by atoms with Crippen LogP contribution in [-0.4, -0.2) is 27.9 Å². The van der Waals surface area contributed by atoms with Crippen molar-refractivity contribution in [3.8, 4) is 11.3 Å². The second-order valence-electron chi connectivity index (χ2n) is 6.94. The molecule has 29 heavy (non-hydrogen) atoms. The Morgan fingerprint density at radius 2 is 1.90 bits per heavy atom. The molecule has 1 aliphatic rings. The quantitative estimate of drug-likeness (QED) is 0.649. The van der Waals surface area contributed by atoms with Crippen LogP contribution in [0, 0.1) is 0 Å². The number of urea groups is 1. The Morgan fingerprint density at radius 1 is 1.14 bits per heavy atom. The van der Waals surface area contributed by atoms with Gasteiger partial charge in [-0.3, -0.25) is 14.5 Å². The highest BCUT2D eigenvalue weighted by Crippen LogP contribution is 2.30. The van der Waals surface area contributed by atoms with Gasteiger partial charge in [0.15, 0.2) is 5.76 Å². The van der Waals surface area contributed by atoms with Crippen molar-refractivity contribution in [1.82, 2.24) is 15.4 Å². The monoisotopic (exact) mass is 390 g/mol. The number of primary amides is 1. The van der Waals surface area contributed by atoms with Crippen LogP contribution in [0.25, 0.3) is 11.3 Å². The van der Waals surface area contributed by atoms with Gasteiger partial charge in [0.25, 0.3) is 5.91 Å². The maximum atomic E-state index is 13.1. The molecule has 0 spiro atoms. The van der Waals surface area contributed by atoms with Crippen LogP contribution in [0.3, 0.4) is 0 Å². The van der Waals surface area contributed by atoms with Crippen LogP contribution in [0.1, 0.15) is 28.5 Å².